The highest BCUT2D eigenvalue weighted by atomic mass is 16.5. The van der Waals surface area contributed by atoms with E-state index in [0.29, 0.717) is 22.7 Å². The number of hydrogen-bond acceptors (Lipinski definition) is 4. The molecule has 1 N–H and O–H groups in total. The van der Waals surface area contributed by atoms with Crippen LogP contribution in [0.15, 0.2) is 45.6 Å². The molecule has 112 valence electrons. The first kappa shape index (κ1) is 14.2. The Hall–Kier alpha value is -2.75. The highest BCUT2D eigenvalue weighted by molar-refractivity contribution is 5.88. The molecule has 0 aliphatic heterocycles. The molecule has 0 aliphatic carbocycles. The molecule has 3 rings (SSSR count). The summed E-state index contributed by atoms with van der Waals surface area (Å²) in [5.41, 5.74) is 2.70. The third kappa shape index (κ3) is 2.22. The van der Waals surface area contributed by atoms with Gasteiger partial charge in [0.15, 0.2) is 16.9 Å². The van der Waals surface area contributed by atoms with E-state index in [4.69, 9.17) is 9.15 Å². The molecule has 22 heavy (non-hydrogen) atoms. The number of methoxy groups -OCH3 is 1. The maximum atomic E-state index is 12.4. The lowest BCUT2D eigenvalue weighted by Crippen LogP contribution is -2.02. The summed E-state index contributed by atoms with van der Waals surface area (Å²) < 4.78 is 11.0. The van der Waals surface area contributed by atoms with Gasteiger partial charge in [0, 0.05) is 11.6 Å². The molecular weight excluding hydrogens is 280 g/mol. The minimum atomic E-state index is -0.298. The fourth-order valence-electron chi connectivity index (χ4n) is 2.53. The first-order chi connectivity index (χ1) is 10.5. The highest BCUT2D eigenvalue weighted by Gasteiger charge is 2.16. The SMILES string of the molecule is COc1c(C)cc2oc(-c3ccc(C)cc3)cc(=O)c2c1O. The Morgan fingerprint density at radius 3 is 2.41 bits per heavy atom. The Labute approximate surface area is 127 Å². The van der Waals surface area contributed by atoms with Gasteiger partial charge in [-0.3, -0.25) is 4.79 Å². The van der Waals surface area contributed by atoms with Crippen LogP contribution in [0.1, 0.15) is 11.1 Å². The zero-order chi connectivity index (χ0) is 15.9. The molecule has 0 radical (unpaired) electrons. The second-order valence-electron chi connectivity index (χ2n) is 5.29. The molecule has 0 aliphatic rings. The van der Waals surface area contributed by atoms with Gasteiger partial charge in [0.25, 0.3) is 0 Å². The standard InChI is InChI=1S/C18H16O4/c1-10-4-6-12(7-5-10)14-9-13(19)16-15(22-14)8-11(2)18(21-3)17(16)20/h4-9,20H,1-3H3. The third-order valence-electron chi connectivity index (χ3n) is 3.67. The van der Waals surface area contributed by atoms with Crippen molar-refractivity contribution < 1.29 is 14.3 Å². The normalized spacial score (nSPS) is 10.9. The zero-order valence-corrected chi connectivity index (χ0v) is 12.6. The molecule has 1 heterocycles. The number of rotatable bonds is 2. The summed E-state index contributed by atoms with van der Waals surface area (Å²) in [5.74, 6) is 0.589. The molecule has 4 nitrogen and oxygen atoms in total. The first-order valence-electron chi connectivity index (χ1n) is 6.92. The molecule has 2 aromatic carbocycles. The van der Waals surface area contributed by atoms with Crippen LogP contribution in [0.25, 0.3) is 22.3 Å². The van der Waals surface area contributed by atoms with Crippen molar-refractivity contribution in [2.45, 2.75) is 13.8 Å². The second kappa shape index (κ2) is 5.22. The molecule has 1 aromatic heterocycles. The van der Waals surface area contributed by atoms with E-state index in [-0.39, 0.29) is 16.6 Å². The number of phenolic OH excluding ortho intramolecular Hbond substituents is 1. The Kier molecular flexibility index (Phi) is 3.37. The van der Waals surface area contributed by atoms with Crippen molar-refractivity contribution in [3.63, 3.8) is 0 Å². The van der Waals surface area contributed by atoms with E-state index >= 15 is 0 Å². The number of phenols is 1. The average molecular weight is 296 g/mol. The van der Waals surface area contributed by atoms with Crippen LogP contribution < -0.4 is 10.2 Å². The Morgan fingerprint density at radius 1 is 1.09 bits per heavy atom. The predicted octanol–water partition coefficient (Wildman–Crippen LogP) is 3.79. The Morgan fingerprint density at radius 2 is 1.77 bits per heavy atom. The maximum absolute atomic E-state index is 12.4. The molecular formula is C18H16O4. The molecule has 0 saturated heterocycles. The van der Waals surface area contributed by atoms with Gasteiger partial charge in [0.1, 0.15) is 16.7 Å². The van der Waals surface area contributed by atoms with Gasteiger partial charge < -0.3 is 14.3 Å². The van der Waals surface area contributed by atoms with Crippen molar-refractivity contribution in [1.29, 1.82) is 0 Å². The van der Waals surface area contributed by atoms with Crippen LogP contribution in [0.5, 0.6) is 11.5 Å². The van der Waals surface area contributed by atoms with Crippen LogP contribution in [0.2, 0.25) is 0 Å². The summed E-state index contributed by atoms with van der Waals surface area (Å²) in [6.45, 7) is 3.78. The molecule has 0 amide bonds. The fourth-order valence-corrected chi connectivity index (χ4v) is 2.53. The molecule has 3 aromatic rings. The summed E-state index contributed by atoms with van der Waals surface area (Å²) in [4.78, 5) is 12.4. The molecule has 4 heteroatoms. The van der Waals surface area contributed by atoms with Crippen molar-refractivity contribution in [2.75, 3.05) is 7.11 Å². The van der Waals surface area contributed by atoms with Crippen molar-refractivity contribution in [3.8, 4) is 22.8 Å². The zero-order valence-electron chi connectivity index (χ0n) is 12.6. The fraction of sp³-hybridized carbons (Fsp3) is 0.167. The van der Waals surface area contributed by atoms with E-state index in [1.165, 1.54) is 13.2 Å². The van der Waals surface area contributed by atoms with Crippen LogP contribution in [0.4, 0.5) is 0 Å². The minimum Gasteiger partial charge on any atom is -0.504 e. The Bertz CT molecular complexity index is 905. The van der Waals surface area contributed by atoms with E-state index in [9.17, 15) is 9.90 Å². The van der Waals surface area contributed by atoms with Crippen molar-refractivity contribution in [1.82, 2.24) is 0 Å². The van der Waals surface area contributed by atoms with Crippen LogP contribution in [-0.4, -0.2) is 12.2 Å². The van der Waals surface area contributed by atoms with Crippen molar-refractivity contribution in [2.24, 2.45) is 0 Å². The van der Waals surface area contributed by atoms with E-state index in [1.807, 2.05) is 31.2 Å². The second-order valence-corrected chi connectivity index (χ2v) is 5.29. The van der Waals surface area contributed by atoms with Crippen LogP contribution >= 0.6 is 0 Å². The lowest BCUT2D eigenvalue weighted by atomic mass is 10.1. The van der Waals surface area contributed by atoms with Gasteiger partial charge in [-0.25, -0.2) is 0 Å². The first-order valence-corrected chi connectivity index (χ1v) is 6.92. The third-order valence-corrected chi connectivity index (χ3v) is 3.67. The number of aromatic hydroxyl groups is 1. The quantitative estimate of drug-likeness (QED) is 0.781. The van der Waals surface area contributed by atoms with E-state index in [1.54, 1.807) is 13.0 Å². The summed E-state index contributed by atoms with van der Waals surface area (Å²) >= 11 is 0. The molecule has 0 atom stereocenters. The van der Waals surface area contributed by atoms with Gasteiger partial charge in [-0.15, -0.1) is 0 Å². The lowest BCUT2D eigenvalue weighted by Gasteiger charge is -2.10. The molecule has 0 saturated carbocycles. The summed E-state index contributed by atoms with van der Waals surface area (Å²) in [6.07, 6.45) is 0. The molecule has 0 bridgehead atoms. The largest absolute Gasteiger partial charge is 0.504 e. The van der Waals surface area contributed by atoms with Gasteiger partial charge in [-0.1, -0.05) is 29.8 Å². The number of hydrogen-bond donors (Lipinski definition) is 1. The van der Waals surface area contributed by atoms with Gasteiger partial charge >= 0.3 is 0 Å². The van der Waals surface area contributed by atoms with Gasteiger partial charge in [-0.05, 0) is 25.5 Å². The highest BCUT2D eigenvalue weighted by Crippen LogP contribution is 2.37. The molecule has 0 unspecified atom stereocenters. The van der Waals surface area contributed by atoms with Crippen LogP contribution in [0.3, 0.4) is 0 Å². The average Bonchev–Trinajstić information content (AvgIpc) is 2.47. The van der Waals surface area contributed by atoms with E-state index in [2.05, 4.69) is 0 Å². The number of benzene rings is 2. The van der Waals surface area contributed by atoms with Crippen LogP contribution in [-0.2, 0) is 0 Å². The smallest absolute Gasteiger partial charge is 0.197 e. The van der Waals surface area contributed by atoms with Crippen molar-refractivity contribution in [3.05, 3.63) is 57.7 Å². The van der Waals surface area contributed by atoms with Gasteiger partial charge in [0.05, 0.1) is 7.11 Å². The maximum Gasteiger partial charge on any atom is 0.197 e. The molecule has 0 fully saturated rings. The summed E-state index contributed by atoms with van der Waals surface area (Å²) in [7, 11) is 1.45. The number of fused-ring (bicyclic) bond motifs is 1. The van der Waals surface area contributed by atoms with Crippen molar-refractivity contribution >= 4 is 11.0 Å². The predicted molar refractivity (Wildman–Crippen MR) is 85.6 cm³/mol. The van der Waals surface area contributed by atoms with Gasteiger partial charge in [0.2, 0.25) is 0 Å². The number of aryl methyl sites for hydroxylation is 2. The minimum absolute atomic E-state index is 0.137. The summed E-state index contributed by atoms with van der Waals surface area (Å²) in [5, 5.41) is 10.4. The van der Waals surface area contributed by atoms with E-state index in [0.717, 1.165) is 11.1 Å². The Balaban J connectivity index is 2.29. The van der Waals surface area contributed by atoms with Crippen LogP contribution in [0, 0.1) is 13.8 Å². The summed E-state index contributed by atoms with van der Waals surface area (Å²) in [6, 6.07) is 10.8. The van der Waals surface area contributed by atoms with Gasteiger partial charge in [-0.2, -0.15) is 0 Å². The number of ether oxygens (including phenoxy) is 1. The monoisotopic (exact) mass is 296 g/mol. The topological polar surface area (TPSA) is 59.7 Å². The lowest BCUT2D eigenvalue weighted by molar-refractivity contribution is 0.373. The van der Waals surface area contributed by atoms with E-state index < -0.39 is 0 Å². The molecule has 0 spiro atoms.